The monoisotopic (exact) mass is 432 g/mol. The average Bonchev–Trinajstić information content (AvgIpc) is 3.19. The summed E-state index contributed by atoms with van der Waals surface area (Å²) < 4.78 is 11.2. The molecule has 0 atom stereocenters. The summed E-state index contributed by atoms with van der Waals surface area (Å²) in [5.74, 6) is -0.286. The third-order valence-electron chi connectivity index (χ3n) is 4.68. The van der Waals surface area contributed by atoms with Crippen LogP contribution in [0.2, 0.25) is 0 Å². The Bertz CT molecular complexity index is 1230. The minimum atomic E-state index is -0.556. The van der Waals surface area contributed by atoms with Crippen molar-refractivity contribution in [2.45, 2.75) is 6.92 Å². The average molecular weight is 433 g/mol. The maximum absolute atomic E-state index is 12.3. The maximum atomic E-state index is 12.3. The second-order valence-electron chi connectivity index (χ2n) is 6.92. The summed E-state index contributed by atoms with van der Waals surface area (Å²) in [5, 5.41) is 3.10. The molecule has 0 unspecified atom stereocenters. The molecular formula is C24H20N2O4S. The van der Waals surface area contributed by atoms with E-state index in [1.807, 2.05) is 55.5 Å². The number of esters is 1. The number of thiazole rings is 1. The number of ether oxygens (including phenoxy) is 2. The lowest BCUT2D eigenvalue weighted by atomic mass is 10.0. The molecule has 6 nitrogen and oxygen atoms in total. The van der Waals surface area contributed by atoms with E-state index in [2.05, 4.69) is 10.3 Å². The number of aryl methyl sites for hydroxylation is 1. The van der Waals surface area contributed by atoms with E-state index in [4.69, 9.17) is 9.47 Å². The Morgan fingerprint density at radius 2 is 1.65 bits per heavy atom. The first kappa shape index (κ1) is 20.6. The molecule has 0 spiro atoms. The Morgan fingerprint density at radius 3 is 2.32 bits per heavy atom. The number of carbonyl (C=O) groups excluding carboxylic acids is 2. The number of methoxy groups -OCH3 is 1. The van der Waals surface area contributed by atoms with Gasteiger partial charge in [0.15, 0.2) is 11.7 Å². The predicted octanol–water partition coefficient (Wildman–Crippen LogP) is 5.08. The highest BCUT2D eigenvalue weighted by Crippen LogP contribution is 2.29. The molecule has 31 heavy (non-hydrogen) atoms. The van der Waals surface area contributed by atoms with Crippen molar-refractivity contribution >= 4 is 38.6 Å². The minimum absolute atomic E-state index is 0.385. The summed E-state index contributed by atoms with van der Waals surface area (Å²) in [6, 6.07) is 20.7. The molecule has 0 bridgehead atoms. The third kappa shape index (κ3) is 4.90. The van der Waals surface area contributed by atoms with Crippen LogP contribution in [-0.2, 0) is 9.53 Å². The van der Waals surface area contributed by atoms with Crippen LogP contribution in [0.25, 0.3) is 21.3 Å². The first-order valence-electron chi connectivity index (χ1n) is 9.60. The number of nitrogens with one attached hydrogen (secondary N) is 1. The standard InChI is InChI=1S/C24H20N2O4S/c1-15-3-5-16(6-4-15)17-7-9-18(10-8-17)23(28)30-14-22(27)26-24-25-20-12-11-19(29-2)13-21(20)31-24/h3-13H,14H2,1-2H3,(H,25,26,27). The number of rotatable bonds is 6. The van der Waals surface area contributed by atoms with E-state index in [9.17, 15) is 9.59 Å². The summed E-state index contributed by atoms with van der Waals surface area (Å²) in [7, 11) is 1.59. The van der Waals surface area contributed by atoms with Crippen LogP contribution in [0.4, 0.5) is 5.13 Å². The maximum Gasteiger partial charge on any atom is 0.338 e. The highest BCUT2D eigenvalue weighted by atomic mass is 32.1. The number of benzene rings is 3. The molecule has 4 rings (SSSR count). The molecule has 0 aliphatic rings. The number of anilines is 1. The Balaban J connectivity index is 1.33. The molecule has 1 heterocycles. The molecular weight excluding hydrogens is 412 g/mol. The van der Waals surface area contributed by atoms with E-state index in [1.165, 1.54) is 16.9 Å². The summed E-state index contributed by atoms with van der Waals surface area (Å²) >= 11 is 1.32. The Morgan fingerprint density at radius 1 is 0.968 bits per heavy atom. The van der Waals surface area contributed by atoms with Crippen LogP contribution in [0.15, 0.2) is 66.7 Å². The molecule has 1 aromatic heterocycles. The van der Waals surface area contributed by atoms with E-state index in [-0.39, 0.29) is 0 Å². The van der Waals surface area contributed by atoms with Crippen molar-refractivity contribution in [3.8, 4) is 16.9 Å². The molecule has 0 aliphatic heterocycles. The topological polar surface area (TPSA) is 77.5 Å². The zero-order valence-electron chi connectivity index (χ0n) is 17.0. The Kier molecular flexibility index (Phi) is 5.95. The normalized spacial score (nSPS) is 10.6. The second kappa shape index (κ2) is 8.97. The molecule has 0 radical (unpaired) electrons. The van der Waals surface area contributed by atoms with Gasteiger partial charge in [0.2, 0.25) is 0 Å². The minimum Gasteiger partial charge on any atom is -0.497 e. The lowest BCUT2D eigenvalue weighted by molar-refractivity contribution is -0.119. The van der Waals surface area contributed by atoms with Crippen molar-refractivity contribution in [1.29, 1.82) is 0 Å². The van der Waals surface area contributed by atoms with Crippen molar-refractivity contribution in [1.82, 2.24) is 4.98 Å². The van der Waals surface area contributed by atoms with E-state index in [1.54, 1.807) is 25.3 Å². The SMILES string of the molecule is COc1ccc2nc(NC(=O)COC(=O)c3ccc(-c4ccc(C)cc4)cc3)sc2c1. The van der Waals surface area contributed by atoms with Gasteiger partial charge in [-0.3, -0.25) is 10.1 Å². The van der Waals surface area contributed by atoms with Crippen LogP contribution < -0.4 is 10.1 Å². The van der Waals surface area contributed by atoms with Gasteiger partial charge in [-0.2, -0.15) is 0 Å². The van der Waals surface area contributed by atoms with Crippen LogP contribution in [-0.4, -0.2) is 30.6 Å². The van der Waals surface area contributed by atoms with Crippen molar-refractivity contribution in [2.75, 3.05) is 19.0 Å². The van der Waals surface area contributed by atoms with E-state index in [0.29, 0.717) is 10.7 Å². The quantitative estimate of drug-likeness (QED) is 0.430. The molecule has 0 fully saturated rings. The first-order valence-corrected chi connectivity index (χ1v) is 10.4. The van der Waals surface area contributed by atoms with Gasteiger partial charge in [0.25, 0.3) is 5.91 Å². The molecule has 156 valence electrons. The molecule has 0 aliphatic carbocycles. The fourth-order valence-corrected chi connectivity index (χ4v) is 3.91. The summed E-state index contributed by atoms with van der Waals surface area (Å²) in [6.45, 7) is 1.64. The molecule has 7 heteroatoms. The molecule has 0 saturated heterocycles. The first-order chi connectivity index (χ1) is 15.0. The second-order valence-corrected chi connectivity index (χ2v) is 7.95. The van der Waals surface area contributed by atoms with Gasteiger partial charge in [-0.25, -0.2) is 9.78 Å². The van der Waals surface area contributed by atoms with Crippen molar-refractivity contribution in [3.63, 3.8) is 0 Å². The van der Waals surface area contributed by atoms with Crippen LogP contribution in [0.1, 0.15) is 15.9 Å². The van der Waals surface area contributed by atoms with Gasteiger partial charge in [-0.15, -0.1) is 0 Å². The molecule has 1 amide bonds. The van der Waals surface area contributed by atoms with Crippen LogP contribution in [0, 0.1) is 6.92 Å². The van der Waals surface area contributed by atoms with Gasteiger partial charge in [0.05, 0.1) is 22.9 Å². The van der Waals surface area contributed by atoms with E-state index in [0.717, 1.165) is 27.1 Å². The van der Waals surface area contributed by atoms with Gasteiger partial charge in [-0.05, 0) is 48.4 Å². The molecule has 4 aromatic rings. The van der Waals surface area contributed by atoms with Crippen LogP contribution in [0.3, 0.4) is 0 Å². The fourth-order valence-electron chi connectivity index (χ4n) is 3.00. The smallest absolute Gasteiger partial charge is 0.338 e. The zero-order chi connectivity index (χ0) is 21.8. The van der Waals surface area contributed by atoms with Gasteiger partial charge >= 0.3 is 5.97 Å². The lowest BCUT2D eigenvalue weighted by Crippen LogP contribution is -2.20. The summed E-state index contributed by atoms with van der Waals surface area (Å²) in [5.41, 5.74) is 4.40. The van der Waals surface area contributed by atoms with Crippen molar-refractivity contribution in [2.24, 2.45) is 0 Å². The number of hydrogen-bond donors (Lipinski definition) is 1. The molecule has 1 N–H and O–H groups in total. The van der Waals surface area contributed by atoms with Gasteiger partial charge in [0, 0.05) is 0 Å². The van der Waals surface area contributed by atoms with Gasteiger partial charge < -0.3 is 9.47 Å². The third-order valence-corrected chi connectivity index (χ3v) is 5.62. The van der Waals surface area contributed by atoms with E-state index < -0.39 is 18.5 Å². The number of carbonyl (C=O) groups is 2. The summed E-state index contributed by atoms with van der Waals surface area (Å²) in [6.07, 6.45) is 0. The van der Waals surface area contributed by atoms with Crippen molar-refractivity contribution in [3.05, 3.63) is 77.9 Å². The summed E-state index contributed by atoms with van der Waals surface area (Å²) in [4.78, 5) is 28.8. The van der Waals surface area contributed by atoms with Crippen LogP contribution >= 0.6 is 11.3 Å². The van der Waals surface area contributed by atoms with E-state index >= 15 is 0 Å². The van der Waals surface area contributed by atoms with Gasteiger partial charge in [-0.1, -0.05) is 53.3 Å². The largest absolute Gasteiger partial charge is 0.497 e. The Labute approximate surface area is 183 Å². The number of amides is 1. The number of fused-ring (bicyclic) bond motifs is 1. The fraction of sp³-hybridized carbons (Fsp3) is 0.125. The van der Waals surface area contributed by atoms with Crippen molar-refractivity contribution < 1.29 is 19.1 Å². The highest BCUT2D eigenvalue weighted by molar-refractivity contribution is 7.22. The van der Waals surface area contributed by atoms with Crippen LogP contribution in [0.5, 0.6) is 5.75 Å². The number of nitrogens with zero attached hydrogens (tertiary/aromatic N) is 1. The number of aromatic nitrogens is 1. The zero-order valence-corrected chi connectivity index (χ0v) is 17.9. The lowest BCUT2D eigenvalue weighted by Gasteiger charge is -2.06. The number of hydrogen-bond acceptors (Lipinski definition) is 6. The predicted molar refractivity (Wildman–Crippen MR) is 122 cm³/mol. The Hall–Kier alpha value is -3.71. The molecule has 0 saturated carbocycles. The van der Waals surface area contributed by atoms with Gasteiger partial charge in [0.1, 0.15) is 5.75 Å². The molecule has 3 aromatic carbocycles. The highest BCUT2D eigenvalue weighted by Gasteiger charge is 2.13.